The Kier molecular flexibility index (Phi) is 6.81. The molecule has 8 heteroatoms. The van der Waals surface area contributed by atoms with E-state index in [1.54, 1.807) is 54.9 Å². The molecule has 0 fully saturated rings. The van der Waals surface area contributed by atoms with E-state index in [0.717, 1.165) is 22.4 Å². The number of halogens is 2. The third-order valence-electron chi connectivity index (χ3n) is 6.53. The summed E-state index contributed by atoms with van der Waals surface area (Å²) in [6.45, 7) is 0.701. The van der Waals surface area contributed by atoms with Crippen molar-refractivity contribution in [3.05, 3.63) is 123 Å². The van der Waals surface area contributed by atoms with Crippen LogP contribution in [0.5, 0.6) is 0 Å². The SMILES string of the molecule is O=C(O)[C@@H]1Cc2c(ncn2Cc2ccccc2)CN1C(=O)C(c1ccc(Cl)cc1)c1ccc(Cl)cc1. The lowest BCUT2D eigenvalue weighted by atomic mass is 9.88. The Bertz CT molecular complexity index is 1340. The number of aromatic nitrogens is 2. The summed E-state index contributed by atoms with van der Waals surface area (Å²) in [5.74, 6) is -2.07. The highest BCUT2D eigenvalue weighted by Gasteiger charge is 2.40. The number of imidazole rings is 1. The Morgan fingerprint density at radius 3 is 2.06 bits per heavy atom. The zero-order chi connectivity index (χ0) is 25.2. The predicted molar refractivity (Wildman–Crippen MR) is 138 cm³/mol. The van der Waals surface area contributed by atoms with Crippen LogP contribution in [-0.2, 0) is 29.1 Å². The molecule has 5 rings (SSSR count). The molecule has 1 aromatic heterocycles. The summed E-state index contributed by atoms with van der Waals surface area (Å²) >= 11 is 12.2. The number of hydrogen-bond donors (Lipinski definition) is 1. The lowest BCUT2D eigenvalue weighted by Crippen LogP contribution is -2.50. The van der Waals surface area contributed by atoms with Crippen molar-refractivity contribution < 1.29 is 14.7 Å². The Morgan fingerprint density at radius 1 is 0.917 bits per heavy atom. The van der Waals surface area contributed by atoms with Gasteiger partial charge in [0.15, 0.2) is 0 Å². The fourth-order valence-corrected chi connectivity index (χ4v) is 4.96. The van der Waals surface area contributed by atoms with Crippen LogP contribution in [0.2, 0.25) is 10.0 Å². The van der Waals surface area contributed by atoms with Crippen molar-refractivity contribution in [2.45, 2.75) is 31.5 Å². The van der Waals surface area contributed by atoms with E-state index < -0.39 is 17.9 Å². The van der Waals surface area contributed by atoms with E-state index >= 15 is 0 Å². The van der Waals surface area contributed by atoms with Gasteiger partial charge < -0.3 is 14.6 Å². The lowest BCUT2D eigenvalue weighted by Gasteiger charge is -2.35. The molecule has 0 radical (unpaired) electrons. The quantitative estimate of drug-likeness (QED) is 0.369. The van der Waals surface area contributed by atoms with Gasteiger partial charge in [0.1, 0.15) is 6.04 Å². The Labute approximate surface area is 218 Å². The van der Waals surface area contributed by atoms with Crippen molar-refractivity contribution in [1.82, 2.24) is 14.5 Å². The zero-order valence-electron chi connectivity index (χ0n) is 19.2. The molecule has 182 valence electrons. The molecule has 0 saturated heterocycles. The van der Waals surface area contributed by atoms with Gasteiger partial charge in [-0.25, -0.2) is 9.78 Å². The van der Waals surface area contributed by atoms with Crippen LogP contribution >= 0.6 is 23.2 Å². The predicted octanol–water partition coefficient (Wildman–Crippen LogP) is 5.41. The molecule has 0 unspecified atom stereocenters. The van der Waals surface area contributed by atoms with Crippen LogP contribution < -0.4 is 0 Å². The molecule has 2 heterocycles. The van der Waals surface area contributed by atoms with Crippen LogP contribution in [0.4, 0.5) is 0 Å². The van der Waals surface area contributed by atoms with Gasteiger partial charge in [-0.2, -0.15) is 0 Å². The number of carbonyl (C=O) groups is 2. The van der Waals surface area contributed by atoms with E-state index in [9.17, 15) is 14.7 Å². The number of fused-ring (bicyclic) bond motifs is 1. The van der Waals surface area contributed by atoms with Gasteiger partial charge in [0.25, 0.3) is 0 Å². The molecule has 0 aliphatic carbocycles. The van der Waals surface area contributed by atoms with Crippen LogP contribution in [0.15, 0.2) is 85.2 Å². The van der Waals surface area contributed by atoms with E-state index in [2.05, 4.69) is 4.98 Å². The van der Waals surface area contributed by atoms with Crippen molar-refractivity contribution in [2.75, 3.05) is 0 Å². The summed E-state index contributed by atoms with van der Waals surface area (Å²) in [5, 5.41) is 11.2. The van der Waals surface area contributed by atoms with Crippen LogP contribution in [0.3, 0.4) is 0 Å². The van der Waals surface area contributed by atoms with Crippen LogP contribution in [-0.4, -0.2) is 37.5 Å². The maximum absolute atomic E-state index is 14.1. The van der Waals surface area contributed by atoms with E-state index in [4.69, 9.17) is 23.2 Å². The summed E-state index contributed by atoms with van der Waals surface area (Å²) in [6.07, 6.45) is 1.90. The van der Waals surface area contributed by atoms with Gasteiger partial charge in [-0.1, -0.05) is 77.8 Å². The third-order valence-corrected chi connectivity index (χ3v) is 7.04. The summed E-state index contributed by atoms with van der Waals surface area (Å²) < 4.78 is 1.97. The van der Waals surface area contributed by atoms with E-state index in [0.29, 0.717) is 22.3 Å². The number of nitrogens with zero attached hydrogens (tertiary/aromatic N) is 3. The normalized spacial score (nSPS) is 15.1. The van der Waals surface area contributed by atoms with Crippen molar-refractivity contribution in [1.29, 1.82) is 0 Å². The fraction of sp³-hybridized carbons (Fsp3) is 0.179. The largest absolute Gasteiger partial charge is 0.480 e. The Morgan fingerprint density at radius 2 is 1.50 bits per heavy atom. The summed E-state index contributed by atoms with van der Waals surface area (Å²) in [4.78, 5) is 32.4. The number of carboxylic acid groups (broad SMARTS) is 1. The molecule has 0 bridgehead atoms. The molecule has 0 saturated carbocycles. The summed E-state index contributed by atoms with van der Waals surface area (Å²) in [6, 6.07) is 23.0. The number of aliphatic carboxylic acids is 1. The molecule has 1 amide bonds. The van der Waals surface area contributed by atoms with Gasteiger partial charge in [-0.15, -0.1) is 0 Å². The van der Waals surface area contributed by atoms with Gasteiger partial charge >= 0.3 is 5.97 Å². The highest BCUT2D eigenvalue weighted by Crippen LogP contribution is 2.33. The minimum atomic E-state index is -1.05. The number of carboxylic acids is 1. The number of rotatable bonds is 6. The van der Waals surface area contributed by atoms with Crippen LogP contribution in [0, 0.1) is 0 Å². The number of carbonyl (C=O) groups excluding carboxylic acids is 1. The zero-order valence-corrected chi connectivity index (χ0v) is 20.7. The molecule has 3 aromatic carbocycles. The van der Waals surface area contributed by atoms with Crippen molar-refractivity contribution >= 4 is 35.1 Å². The lowest BCUT2D eigenvalue weighted by molar-refractivity contribution is -0.151. The monoisotopic (exact) mass is 519 g/mol. The molecule has 6 nitrogen and oxygen atoms in total. The second-order valence-corrected chi connectivity index (χ2v) is 9.68. The van der Waals surface area contributed by atoms with Crippen LogP contribution in [0.1, 0.15) is 34.0 Å². The van der Waals surface area contributed by atoms with Gasteiger partial charge in [0.05, 0.1) is 24.5 Å². The minimum absolute atomic E-state index is 0.116. The van der Waals surface area contributed by atoms with Crippen molar-refractivity contribution in [2.24, 2.45) is 0 Å². The average molecular weight is 520 g/mol. The number of amides is 1. The third kappa shape index (κ3) is 4.87. The van der Waals surface area contributed by atoms with E-state index in [1.807, 2.05) is 34.9 Å². The van der Waals surface area contributed by atoms with Crippen molar-refractivity contribution in [3.63, 3.8) is 0 Å². The van der Waals surface area contributed by atoms with Gasteiger partial charge in [0.2, 0.25) is 5.91 Å². The standard InChI is InChI=1S/C28H23Cl2N3O3/c29-21-10-6-19(7-11-21)26(20-8-12-22(30)13-9-20)27(34)33-16-23-24(14-25(33)28(35)36)32(17-31-23)15-18-4-2-1-3-5-18/h1-13,17,25-26H,14-16H2,(H,35,36)/t25-/m0/s1. The Hall–Kier alpha value is -3.61. The number of hydrogen-bond acceptors (Lipinski definition) is 3. The summed E-state index contributed by atoms with van der Waals surface area (Å²) in [7, 11) is 0. The smallest absolute Gasteiger partial charge is 0.326 e. The first-order valence-corrected chi connectivity index (χ1v) is 12.3. The maximum Gasteiger partial charge on any atom is 0.326 e. The molecular weight excluding hydrogens is 497 g/mol. The van der Waals surface area contributed by atoms with Crippen molar-refractivity contribution in [3.8, 4) is 0 Å². The van der Waals surface area contributed by atoms with Crippen LogP contribution in [0.25, 0.3) is 0 Å². The topological polar surface area (TPSA) is 75.4 Å². The molecule has 1 atom stereocenters. The molecule has 1 aliphatic rings. The molecule has 4 aromatic rings. The first-order chi connectivity index (χ1) is 17.4. The molecule has 0 spiro atoms. The molecule has 1 N–H and O–H groups in total. The fourth-order valence-electron chi connectivity index (χ4n) is 4.70. The second-order valence-electron chi connectivity index (χ2n) is 8.81. The highest BCUT2D eigenvalue weighted by molar-refractivity contribution is 6.30. The second kappa shape index (κ2) is 10.2. The number of benzene rings is 3. The first-order valence-electron chi connectivity index (χ1n) is 11.5. The maximum atomic E-state index is 14.1. The highest BCUT2D eigenvalue weighted by atomic mass is 35.5. The van der Waals surface area contributed by atoms with E-state index in [-0.39, 0.29) is 18.9 Å². The van der Waals surface area contributed by atoms with Gasteiger partial charge in [-0.05, 0) is 41.0 Å². The molecular formula is C28H23Cl2N3O3. The van der Waals surface area contributed by atoms with Gasteiger partial charge in [0, 0.05) is 28.7 Å². The molecule has 36 heavy (non-hydrogen) atoms. The average Bonchev–Trinajstić information content (AvgIpc) is 3.27. The Balaban J connectivity index is 1.50. The van der Waals surface area contributed by atoms with Gasteiger partial charge in [-0.3, -0.25) is 4.79 Å². The minimum Gasteiger partial charge on any atom is -0.480 e. The van der Waals surface area contributed by atoms with E-state index in [1.165, 1.54) is 4.90 Å². The summed E-state index contributed by atoms with van der Waals surface area (Å²) in [5.41, 5.74) is 4.08. The first kappa shape index (κ1) is 24.1. The molecule has 1 aliphatic heterocycles.